The molecule has 2 amide bonds. The van der Waals surface area contributed by atoms with Crippen molar-refractivity contribution in [3.05, 3.63) is 129 Å². The number of aryl methyl sites for hydroxylation is 2. The highest BCUT2D eigenvalue weighted by Crippen LogP contribution is 2.29. The summed E-state index contributed by atoms with van der Waals surface area (Å²) in [5.41, 5.74) is 3.55. The Bertz CT molecular complexity index is 1750. The van der Waals surface area contributed by atoms with Crippen LogP contribution in [-0.4, -0.2) is 43.8 Å². The monoisotopic (exact) mass is 709 g/mol. The van der Waals surface area contributed by atoms with Crippen LogP contribution >= 0.6 is 27.5 Å². The Morgan fingerprint density at radius 2 is 1.53 bits per heavy atom. The van der Waals surface area contributed by atoms with E-state index in [1.807, 2.05) is 82.3 Å². The van der Waals surface area contributed by atoms with E-state index in [1.54, 1.807) is 30.3 Å². The summed E-state index contributed by atoms with van der Waals surface area (Å²) in [5.74, 6) is -0.870. The molecule has 0 spiro atoms. The van der Waals surface area contributed by atoms with E-state index in [4.69, 9.17) is 11.6 Å². The van der Waals surface area contributed by atoms with Crippen molar-refractivity contribution in [2.75, 3.05) is 10.8 Å². The van der Waals surface area contributed by atoms with Gasteiger partial charge in [-0.1, -0.05) is 93.8 Å². The van der Waals surface area contributed by atoms with E-state index in [2.05, 4.69) is 21.2 Å². The third-order valence-corrected chi connectivity index (χ3v) is 9.96. The number of benzene rings is 4. The van der Waals surface area contributed by atoms with Crippen LogP contribution in [0.2, 0.25) is 5.02 Å². The van der Waals surface area contributed by atoms with Crippen molar-refractivity contribution in [3.63, 3.8) is 0 Å². The lowest BCUT2D eigenvalue weighted by atomic mass is 10.0. The Hall–Kier alpha value is -3.66. The molecule has 0 aromatic heterocycles. The normalized spacial score (nSPS) is 12.1. The molecule has 0 radical (unpaired) electrons. The molecule has 1 N–H and O–H groups in total. The maximum absolute atomic E-state index is 14.5. The molecule has 4 rings (SSSR count). The van der Waals surface area contributed by atoms with E-state index in [1.165, 1.54) is 17.0 Å². The van der Waals surface area contributed by atoms with Crippen molar-refractivity contribution in [2.24, 2.45) is 0 Å². The summed E-state index contributed by atoms with van der Waals surface area (Å²) in [7, 11) is -4.21. The van der Waals surface area contributed by atoms with Crippen LogP contribution in [0.1, 0.15) is 36.1 Å². The second-order valence-corrected chi connectivity index (χ2v) is 14.5. The van der Waals surface area contributed by atoms with Crippen LogP contribution in [0.5, 0.6) is 0 Å². The Balaban J connectivity index is 1.82. The molecule has 0 saturated carbocycles. The Kier molecular flexibility index (Phi) is 11.5. The van der Waals surface area contributed by atoms with Crippen molar-refractivity contribution >= 4 is 55.1 Å². The topological polar surface area (TPSA) is 86.8 Å². The van der Waals surface area contributed by atoms with Gasteiger partial charge in [-0.2, -0.15) is 0 Å². The number of sulfonamides is 1. The van der Waals surface area contributed by atoms with Crippen molar-refractivity contribution < 1.29 is 18.0 Å². The molecule has 0 aliphatic rings. The lowest BCUT2D eigenvalue weighted by Crippen LogP contribution is -2.54. The number of nitrogens with one attached hydrogen (secondary N) is 1. The average Bonchev–Trinajstić information content (AvgIpc) is 2.99. The second kappa shape index (κ2) is 15.1. The molecule has 0 saturated heterocycles. The van der Waals surface area contributed by atoms with Crippen LogP contribution in [0.4, 0.5) is 5.69 Å². The highest BCUT2D eigenvalue weighted by molar-refractivity contribution is 9.10. The standard InChI is InChI=1S/C35H37BrClN3O4S/c1-24(2)38-35(42)33(20-27-9-6-5-7-10-27)39(22-28-11-8-12-29(36)19-28)34(41)23-40(30-16-15-26(4)32(37)21-30)45(43,44)31-17-13-25(3)14-18-31/h5-19,21,24,33H,20,22-23H2,1-4H3,(H,38,42)/t33-/m1/s1. The SMILES string of the molecule is Cc1ccc(S(=O)(=O)N(CC(=O)N(Cc2cccc(Br)c2)[C@H](Cc2ccccc2)C(=O)NC(C)C)c2ccc(C)c(Cl)c2)cc1. The summed E-state index contributed by atoms with van der Waals surface area (Å²) >= 11 is 9.95. The predicted octanol–water partition coefficient (Wildman–Crippen LogP) is 7.08. The largest absolute Gasteiger partial charge is 0.352 e. The molecule has 10 heteroatoms. The zero-order valence-corrected chi connectivity index (χ0v) is 28.9. The minimum atomic E-state index is -4.21. The molecule has 0 fully saturated rings. The first-order chi connectivity index (χ1) is 21.3. The van der Waals surface area contributed by atoms with Gasteiger partial charge in [-0.25, -0.2) is 8.42 Å². The van der Waals surface area contributed by atoms with Gasteiger partial charge in [0.05, 0.1) is 10.6 Å². The first-order valence-electron chi connectivity index (χ1n) is 14.6. The van der Waals surface area contributed by atoms with E-state index in [0.29, 0.717) is 5.02 Å². The number of rotatable bonds is 12. The second-order valence-electron chi connectivity index (χ2n) is 11.3. The summed E-state index contributed by atoms with van der Waals surface area (Å²) in [6, 6.07) is 27.2. The number of carbonyl (C=O) groups excluding carboxylic acids is 2. The number of nitrogens with zero attached hydrogens (tertiary/aromatic N) is 2. The van der Waals surface area contributed by atoms with E-state index < -0.39 is 28.5 Å². The highest BCUT2D eigenvalue weighted by Gasteiger charge is 2.35. The van der Waals surface area contributed by atoms with Gasteiger partial charge < -0.3 is 10.2 Å². The van der Waals surface area contributed by atoms with Crippen LogP contribution in [-0.2, 0) is 32.6 Å². The number of hydrogen-bond acceptors (Lipinski definition) is 4. The first-order valence-corrected chi connectivity index (χ1v) is 17.2. The van der Waals surface area contributed by atoms with Gasteiger partial charge in [-0.3, -0.25) is 13.9 Å². The van der Waals surface area contributed by atoms with E-state index >= 15 is 0 Å². The number of anilines is 1. The summed E-state index contributed by atoms with van der Waals surface area (Å²) < 4.78 is 30.2. The van der Waals surface area contributed by atoms with E-state index in [0.717, 1.165) is 31.0 Å². The van der Waals surface area contributed by atoms with Gasteiger partial charge in [0.15, 0.2) is 0 Å². The van der Waals surface area contributed by atoms with Crippen molar-refractivity contribution in [2.45, 2.75) is 57.6 Å². The molecule has 0 bridgehead atoms. The van der Waals surface area contributed by atoms with Gasteiger partial charge in [0.25, 0.3) is 10.0 Å². The molecule has 4 aromatic carbocycles. The fourth-order valence-corrected chi connectivity index (χ4v) is 6.90. The van der Waals surface area contributed by atoms with Gasteiger partial charge in [0, 0.05) is 28.5 Å². The third kappa shape index (κ3) is 8.96. The summed E-state index contributed by atoms with van der Waals surface area (Å²) in [4.78, 5) is 29.8. The highest BCUT2D eigenvalue weighted by atomic mass is 79.9. The number of halogens is 2. The fourth-order valence-electron chi connectivity index (χ4n) is 4.87. The van der Waals surface area contributed by atoms with E-state index in [-0.39, 0.29) is 35.5 Å². The van der Waals surface area contributed by atoms with Crippen LogP contribution in [0.3, 0.4) is 0 Å². The molecule has 236 valence electrons. The number of hydrogen-bond donors (Lipinski definition) is 1. The molecule has 0 aliphatic carbocycles. The summed E-state index contributed by atoms with van der Waals surface area (Å²) in [5, 5.41) is 3.33. The third-order valence-electron chi connectivity index (χ3n) is 7.28. The maximum atomic E-state index is 14.5. The molecule has 1 atom stereocenters. The lowest BCUT2D eigenvalue weighted by Gasteiger charge is -2.34. The van der Waals surface area contributed by atoms with E-state index in [9.17, 15) is 18.0 Å². The smallest absolute Gasteiger partial charge is 0.264 e. The molecule has 0 unspecified atom stereocenters. The predicted molar refractivity (Wildman–Crippen MR) is 184 cm³/mol. The molecular weight excluding hydrogens is 674 g/mol. The van der Waals surface area contributed by atoms with Gasteiger partial charge in [0.1, 0.15) is 12.6 Å². The minimum Gasteiger partial charge on any atom is -0.352 e. The van der Waals surface area contributed by atoms with Gasteiger partial charge in [-0.05, 0) is 80.8 Å². The summed E-state index contributed by atoms with van der Waals surface area (Å²) in [6.45, 7) is 6.92. The number of carbonyl (C=O) groups is 2. The van der Waals surface area contributed by atoms with Crippen LogP contribution < -0.4 is 9.62 Å². The van der Waals surface area contributed by atoms with Crippen molar-refractivity contribution in [1.82, 2.24) is 10.2 Å². The molecule has 0 heterocycles. The quantitative estimate of drug-likeness (QED) is 0.170. The maximum Gasteiger partial charge on any atom is 0.264 e. The van der Waals surface area contributed by atoms with Gasteiger partial charge >= 0.3 is 0 Å². The zero-order valence-electron chi connectivity index (χ0n) is 25.7. The molecule has 45 heavy (non-hydrogen) atoms. The lowest BCUT2D eigenvalue weighted by molar-refractivity contribution is -0.140. The Morgan fingerprint density at radius 1 is 0.867 bits per heavy atom. The molecule has 0 aliphatic heterocycles. The van der Waals surface area contributed by atoms with Crippen LogP contribution in [0.15, 0.2) is 106 Å². The van der Waals surface area contributed by atoms with Crippen molar-refractivity contribution in [1.29, 1.82) is 0 Å². The zero-order chi connectivity index (χ0) is 32.7. The van der Waals surface area contributed by atoms with Crippen molar-refractivity contribution in [3.8, 4) is 0 Å². The van der Waals surface area contributed by atoms with Gasteiger partial charge in [0.2, 0.25) is 11.8 Å². The number of amides is 2. The molecular formula is C35H37BrClN3O4S. The minimum absolute atomic E-state index is 0.0366. The Labute approximate surface area is 279 Å². The first kappa shape index (κ1) is 34.2. The Morgan fingerprint density at radius 3 is 2.16 bits per heavy atom. The van der Waals surface area contributed by atoms with Crippen LogP contribution in [0, 0.1) is 13.8 Å². The molecule has 4 aromatic rings. The average molecular weight is 711 g/mol. The fraction of sp³-hybridized carbons (Fsp3) is 0.257. The van der Waals surface area contributed by atoms with Gasteiger partial charge in [-0.15, -0.1) is 0 Å². The summed E-state index contributed by atoms with van der Waals surface area (Å²) in [6.07, 6.45) is 0.236. The van der Waals surface area contributed by atoms with Crippen LogP contribution in [0.25, 0.3) is 0 Å². The molecule has 7 nitrogen and oxygen atoms in total.